The van der Waals surface area contributed by atoms with E-state index in [1.165, 1.54) is 12.8 Å². The van der Waals surface area contributed by atoms with Gasteiger partial charge in [-0.2, -0.15) is 10.1 Å². The van der Waals surface area contributed by atoms with Crippen LogP contribution >= 0.6 is 0 Å². The quantitative estimate of drug-likeness (QED) is 0.842. The molecular formula is C16H21N5O2. The Morgan fingerprint density at radius 1 is 1.39 bits per heavy atom. The van der Waals surface area contributed by atoms with Gasteiger partial charge >= 0.3 is 0 Å². The van der Waals surface area contributed by atoms with Crippen LogP contribution in [0.1, 0.15) is 54.3 Å². The van der Waals surface area contributed by atoms with Gasteiger partial charge < -0.3 is 9.42 Å². The van der Waals surface area contributed by atoms with Crippen molar-refractivity contribution in [2.75, 3.05) is 13.1 Å². The fourth-order valence-corrected chi connectivity index (χ4v) is 3.22. The minimum atomic E-state index is 0.0682. The van der Waals surface area contributed by atoms with E-state index in [-0.39, 0.29) is 5.91 Å². The predicted molar refractivity (Wildman–Crippen MR) is 81.9 cm³/mol. The van der Waals surface area contributed by atoms with E-state index in [2.05, 4.69) is 15.2 Å². The van der Waals surface area contributed by atoms with Crippen molar-refractivity contribution in [1.82, 2.24) is 24.8 Å². The van der Waals surface area contributed by atoms with Gasteiger partial charge in [-0.25, -0.2) is 0 Å². The Morgan fingerprint density at radius 2 is 2.26 bits per heavy atom. The Morgan fingerprint density at radius 3 is 3.04 bits per heavy atom. The third kappa shape index (κ3) is 2.87. The molecule has 2 aromatic heterocycles. The topological polar surface area (TPSA) is 77.0 Å². The number of rotatable bonds is 5. The Labute approximate surface area is 134 Å². The average Bonchev–Trinajstić information content (AvgIpc) is 2.99. The van der Waals surface area contributed by atoms with Gasteiger partial charge in [-0.1, -0.05) is 5.16 Å². The number of aryl methyl sites for hydroxylation is 1. The molecule has 0 radical (unpaired) electrons. The summed E-state index contributed by atoms with van der Waals surface area (Å²) in [7, 11) is 0. The van der Waals surface area contributed by atoms with Gasteiger partial charge in [0.05, 0.1) is 0 Å². The van der Waals surface area contributed by atoms with E-state index in [0.717, 1.165) is 37.6 Å². The van der Waals surface area contributed by atoms with E-state index in [1.54, 1.807) is 16.9 Å². The number of hydrogen-bond acceptors (Lipinski definition) is 5. The van der Waals surface area contributed by atoms with Crippen LogP contribution in [0.15, 0.2) is 16.8 Å². The van der Waals surface area contributed by atoms with E-state index in [9.17, 15) is 4.79 Å². The highest BCUT2D eigenvalue weighted by atomic mass is 16.5. The zero-order valence-corrected chi connectivity index (χ0v) is 13.3. The van der Waals surface area contributed by atoms with Crippen LogP contribution in [-0.2, 0) is 13.0 Å². The summed E-state index contributed by atoms with van der Waals surface area (Å²) in [5.74, 6) is 2.54. The third-order valence-corrected chi connectivity index (χ3v) is 4.69. The lowest BCUT2D eigenvalue weighted by Crippen LogP contribution is -2.30. The number of carbonyl (C=O) groups excluding carboxylic acids is 1. The van der Waals surface area contributed by atoms with E-state index in [4.69, 9.17) is 4.52 Å². The number of aromatic nitrogens is 4. The summed E-state index contributed by atoms with van der Waals surface area (Å²) in [6.45, 7) is 4.23. The molecule has 2 fully saturated rings. The summed E-state index contributed by atoms with van der Waals surface area (Å²) in [4.78, 5) is 19.0. The molecule has 0 aromatic carbocycles. The van der Waals surface area contributed by atoms with Gasteiger partial charge in [-0.3, -0.25) is 9.48 Å². The molecule has 1 unspecified atom stereocenters. The molecule has 1 aliphatic carbocycles. The van der Waals surface area contributed by atoms with Gasteiger partial charge in [-0.15, -0.1) is 0 Å². The molecular weight excluding hydrogens is 294 g/mol. The van der Waals surface area contributed by atoms with Crippen molar-refractivity contribution in [1.29, 1.82) is 0 Å². The lowest BCUT2D eigenvalue weighted by molar-refractivity contribution is 0.0774. The second-order valence-corrected chi connectivity index (χ2v) is 6.47. The minimum Gasteiger partial charge on any atom is -0.339 e. The van der Waals surface area contributed by atoms with Crippen LogP contribution in [-0.4, -0.2) is 43.8 Å². The van der Waals surface area contributed by atoms with E-state index >= 15 is 0 Å². The molecule has 4 rings (SSSR count). The van der Waals surface area contributed by atoms with E-state index in [1.807, 2.05) is 11.8 Å². The normalized spacial score (nSPS) is 21.1. The highest BCUT2D eigenvalue weighted by molar-refractivity contribution is 5.92. The number of carbonyl (C=O) groups is 1. The first kappa shape index (κ1) is 14.4. The highest BCUT2D eigenvalue weighted by Crippen LogP contribution is 2.39. The average molecular weight is 315 g/mol. The molecule has 1 amide bonds. The maximum atomic E-state index is 12.6. The van der Waals surface area contributed by atoms with Crippen molar-refractivity contribution in [2.45, 2.75) is 45.1 Å². The Balaban J connectivity index is 1.37. The first-order valence-corrected chi connectivity index (χ1v) is 8.38. The first-order chi connectivity index (χ1) is 11.2. The Hall–Kier alpha value is -2.18. The van der Waals surface area contributed by atoms with Crippen LogP contribution in [0.25, 0.3) is 0 Å². The lowest BCUT2D eigenvalue weighted by Gasteiger charge is -2.16. The third-order valence-electron chi connectivity index (χ3n) is 4.69. The molecule has 122 valence electrons. The monoisotopic (exact) mass is 315 g/mol. The molecule has 0 N–H and O–H groups in total. The minimum absolute atomic E-state index is 0.0682. The van der Waals surface area contributed by atoms with Gasteiger partial charge in [0.2, 0.25) is 5.89 Å². The fraction of sp³-hybridized carbons (Fsp3) is 0.625. The summed E-state index contributed by atoms with van der Waals surface area (Å²) >= 11 is 0. The molecule has 0 bridgehead atoms. The van der Waals surface area contributed by atoms with Gasteiger partial charge in [0.15, 0.2) is 5.82 Å². The number of amides is 1. The molecule has 3 heterocycles. The summed E-state index contributed by atoms with van der Waals surface area (Å²) in [5.41, 5.74) is 0.670. The molecule has 2 aromatic rings. The molecule has 2 aliphatic rings. The Kier molecular flexibility index (Phi) is 3.63. The second-order valence-electron chi connectivity index (χ2n) is 6.47. The number of likely N-dealkylation sites (tertiary alicyclic amines) is 1. The molecule has 7 heteroatoms. The van der Waals surface area contributed by atoms with Gasteiger partial charge in [-0.05, 0) is 38.2 Å². The lowest BCUT2D eigenvalue weighted by atomic mass is 10.1. The van der Waals surface area contributed by atoms with Crippen molar-refractivity contribution in [3.8, 4) is 0 Å². The van der Waals surface area contributed by atoms with Crippen LogP contribution < -0.4 is 0 Å². The van der Waals surface area contributed by atoms with Crippen molar-refractivity contribution < 1.29 is 9.32 Å². The SMILES string of the molecule is CCn1nccc1C(=O)N1CCC(Cc2noc(C3CC3)n2)C1. The van der Waals surface area contributed by atoms with Gasteiger partial charge in [0.25, 0.3) is 5.91 Å². The van der Waals surface area contributed by atoms with Crippen LogP contribution in [0.3, 0.4) is 0 Å². The summed E-state index contributed by atoms with van der Waals surface area (Å²) in [5, 5.41) is 8.26. The maximum absolute atomic E-state index is 12.6. The summed E-state index contributed by atoms with van der Waals surface area (Å²) < 4.78 is 7.06. The molecule has 7 nitrogen and oxygen atoms in total. The second kappa shape index (κ2) is 5.79. The van der Waals surface area contributed by atoms with Crippen molar-refractivity contribution in [2.24, 2.45) is 5.92 Å². The highest BCUT2D eigenvalue weighted by Gasteiger charge is 2.32. The molecule has 1 aliphatic heterocycles. The summed E-state index contributed by atoms with van der Waals surface area (Å²) in [6, 6.07) is 1.79. The maximum Gasteiger partial charge on any atom is 0.272 e. The molecule has 1 saturated carbocycles. The molecule has 1 atom stereocenters. The van der Waals surface area contributed by atoms with Crippen LogP contribution in [0.2, 0.25) is 0 Å². The number of hydrogen-bond donors (Lipinski definition) is 0. The fourth-order valence-electron chi connectivity index (χ4n) is 3.22. The largest absolute Gasteiger partial charge is 0.339 e. The van der Waals surface area contributed by atoms with Crippen molar-refractivity contribution >= 4 is 5.91 Å². The van der Waals surface area contributed by atoms with Gasteiger partial charge in [0.1, 0.15) is 5.69 Å². The number of nitrogens with zero attached hydrogens (tertiary/aromatic N) is 5. The van der Waals surface area contributed by atoms with Crippen LogP contribution in [0, 0.1) is 5.92 Å². The van der Waals surface area contributed by atoms with Crippen LogP contribution in [0.4, 0.5) is 0 Å². The summed E-state index contributed by atoms with van der Waals surface area (Å²) in [6.07, 6.45) is 5.78. The zero-order chi connectivity index (χ0) is 15.8. The predicted octanol–water partition coefficient (Wildman–Crippen LogP) is 1.87. The molecule has 0 spiro atoms. The smallest absolute Gasteiger partial charge is 0.272 e. The van der Waals surface area contributed by atoms with E-state index in [0.29, 0.717) is 24.1 Å². The van der Waals surface area contributed by atoms with Crippen molar-refractivity contribution in [3.63, 3.8) is 0 Å². The molecule has 1 saturated heterocycles. The zero-order valence-electron chi connectivity index (χ0n) is 13.3. The Bertz CT molecular complexity index is 703. The van der Waals surface area contributed by atoms with Gasteiger partial charge in [0, 0.05) is 38.2 Å². The van der Waals surface area contributed by atoms with E-state index < -0.39 is 0 Å². The molecule has 23 heavy (non-hydrogen) atoms. The van der Waals surface area contributed by atoms with Crippen LogP contribution in [0.5, 0.6) is 0 Å². The first-order valence-electron chi connectivity index (χ1n) is 8.38. The standard InChI is InChI=1S/C16H21N5O2/c1-2-21-13(5-7-17-21)16(22)20-8-6-11(10-20)9-14-18-15(23-19-14)12-3-4-12/h5,7,11-12H,2-4,6,8-10H2,1H3. The van der Waals surface area contributed by atoms with Crippen molar-refractivity contribution in [3.05, 3.63) is 29.7 Å².